The van der Waals surface area contributed by atoms with E-state index in [2.05, 4.69) is 5.32 Å². The van der Waals surface area contributed by atoms with Crippen molar-refractivity contribution in [3.05, 3.63) is 35.4 Å². The lowest BCUT2D eigenvalue weighted by Crippen LogP contribution is -2.28. The maximum atomic E-state index is 13.8. The van der Waals surface area contributed by atoms with Crippen LogP contribution in [0, 0.1) is 17.6 Å². The van der Waals surface area contributed by atoms with Crippen LogP contribution in [-0.2, 0) is 0 Å². The minimum atomic E-state index is -0.726. The predicted octanol–water partition coefficient (Wildman–Crippen LogP) is 3.46. The SMILES string of the molecule is CNCC1CCCCC1c1cccc(F)c1F. The van der Waals surface area contributed by atoms with Crippen LogP contribution in [0.2, 0.25) is 0 Å². The summed E-state index contributed by atoms with van der Waals surface area (Å²) in [5.41, 5.74) is 0.560. The van der Waals surface area contributed by atoms with E-state index in [1.165, 1.54) is 12.5 Å². The minimum Gasteiger partial charge on any atom is -0.319 e. The molecular formula is C14H19F2N. The fourth-order valence-corrected chi connectivity index (χ4v) is 2.93. The monoisotopic (exact) mass is 239 g/mol. The van der Waals surface area contributed by atoms with Crippen LogP contribution in [0.5, 0.6) is 0 Å². The van der Waals surface area contributed by atoms with E-state index in [1.54, 1.807) is 12.1 Å². The van der Waals surface area contributed by atoms with Gasteiger partial charge < -0.3 is 5.32 Å². The van der Waals surface area contributed by atoms with Crippen LogP contribution >= 0.6 is 0 Å². The average molecular weight is 239 g/mol. The highest BCUT2D eigenvalue weighted by molar-refractivity contribution is 5.24. The van der Waals surface area contributed by atoms with Crippen LogP contribution < -0.4 is 5.32 Å². The summed E-state index contributed by atoms with van der Waals surface area (Å²) >= 11 is 0. The molecule has 0 aromatic heterocycles. The van der Waals surface area contributed by atoms with Gasteiger partial charge in [0.2, 0.25) is 0 Å². The lowest BCUT2D eigenvalue weighted by molar-refractivity contribution is 0.293. The Balaban J connectivity index is 2.26. The molecule has 17 heavy (non-hydrogen) atoms. The Morgan fingerprint density at radius 3 is 2.76 bits per heavy atom. The van der Waals surface area contributed by atoms with Gasteiger partial charge in [0, 0.05) is 0 Å². The molecule has 0 spiro atoms. The molecule has 0 radical (unpaired) electrons. The second-order valence-electron chi connectivity index (χ2n) is 4.85. The lowest BCUT2D eigenvalue weighted by Gasteiger charge is -2.32. The van der Waals surface area contributed by atoms with Crippen LogP contribution in [-0.4, -0.2) is 13.6 Å². The molecule has 0 bridgehead atoms. The van der Waals surface area contributed by atoms with Gasteiger partial charge in [0.25, 0.3) is 0 Å². The van der Waals surface area contributed by atoms with Crippen LogP contribution in [0.15, 0.2) is 18.2 Å². The van der Waals surface area contributed by atoms with E-state index in [4.69, 9.17) is 0 Å². The van der Waals surface area contributed by atoms with Crippen molar-refractivity contribution in [3.63, 3.8) is 0 Å². The molecule has 0 amide bonds. The zero-order chi connectivity index (χ0) is 12.3. The number of rotatable bonds is 3. The van der Waals surface area contributed by atoms with Gasteiger partial charge in [-0.3, -0.25) is 0 Å². The molecule has 1 N–H and O–H groups in total. The van der Waals surface area contributed by atoms with E-state index in [9.17, 15) is 8.78 Å². The Hall–Kier alpha value is -0.960. The zero-order valence-corrected chi connectivity index (χ0v) is 10.2. The molecule has 94 valence electrons. The standard InChI is InChI=1S/C14H19F2N/c1-17-9-10-5-2-3-6-11(10)12-7-4-8-13(15)14(12)16/h4,7-8,10-11,17H,2-3,5-6,9H2,1H3. The summed E-state index contributed by atoms with van der Waals surface area (Å²) in [6.07, 6.45) is 4.37. The molecular weight excluding hydrogens is 220 g/mol. The van der Waals surface area contributed by atoms with Crippen molar-refractivity contribution in [3.8, 4) is 0 Å². The second-order valence-corrected chi connectivity index (χ2v) is 4.85. The third-order valence-electron chi connectivity index (χ3n) is 3.76. The summed E-state index contributed by atoms with van der Waals surface area (Å²) < 4.78 is 27.1. The third-order valence-corrected chi connectivity index (χ3v) is 3.76. The van der Waals surface area contributed by atoms with Gasteiger partial charge in [-0.25, -0.2) is 8.78 Å². The van der Waals surface area contributed by atoms with E-state index in [-0.39, 0.29) is 5.92 Å². The molecule has 0 saturated heterocycles. The first-order valence-electron chi connectivity index (χ1n) is 6.32. The third kappa shape index (κ3) is 2.65. The van der Waals surface area contributed by atoms with Gasteiger partial charge in [-0.2, -0.15) is 0 Å². The summed E-state index contributed by atoms with van der Waals surface area (Å²) in [7, 11) is 1.91. The van der Waals surface area contributed by atoms with Crippen molar-refractivity contribution >= 4 is 0 Å². The fourth-order valence-electron chi connectivity index (χ4n) is 2.93. The normalized spacial score (nSPS) is 24.9. The van der Waals surface area contributed by atoms with E-state index < -0.39 is 11.6 Å². The molecule has 1 aromatic rings. The minimum absolute atomic E-state index is 0.159. The average Bonchev–Trinajstić information content (AvgIpc) is 2.34. The topological polar surface area (TPSA) is 12.0 Å². The fraction of sp³-hybridized carbons (Fsp3) is 0.571. The maximum absolute atomic E-state index is 13.8. The van der Waals surface area contributed by atoms with Crippen molar-refractivity contribution in [1.29, 1.82) is 0 Å². The highest BCUT2D eigenvalue weighted by Crippen LogP contribution is 2.38. The Bertz CT molecular complexity index is 376. The molecule has 1 nitrogen and oxygen atoms in total. The Morgan fingerprint density at radius 1 is 1.24 bits per heavy atom. The van der Waals surface area contributed by atoms with Gasteiger partial charge in [0.1, 0.15) is 0 Å². The molecule has 1 fully saturated rings. The Morgan fingerprint density at radius 2 is 2.00 bits per heavy atom. The van der Waals surface area contributed by atoms with E-state index in [0.717, 1.165) is 25.8 Å². The van der Waals surface area contributed by atoms with Crippen LogP contribution in [0.1, 0.15) is 37.2 Å². The lowest BCUT2D eigenvalue weighted by atomic mass is 9.75. The van der Waals surface area contributed by atoms with Gasteiger partial charge in [-0.1, -0.05) is 25.0 Å². The van der Waals surface area contributed by atoms with Crippen LogP contribution in [0.3, 0.4) is 0 Å². The number of hydrogen-bond donors (Lipinski definition) is 1. The van der Waals surface area contributed by atoms with Crippen molar-refractivity contribution in [2.24, 2.45) is 5.92 Å². The van der Waals surface area contributed by atoms with E-state index in [1.807, 2.05) is 7.05 Å². The molecule has 1 saturated carbocycles. The predicted molar refractivity (Wildman–Crippen MR) is 65.0 cm³/mol. The molecule has 0 heterocycles. The first-order valence-corrected chi connectivity index (χ1v) is 6.32. The summed E-state index contributed by atoms with van der Waals surface area (Å²) in [4.78, 5) is 0. The van der Waals surface area contributed by atoms with E-state index >= 15 is 0 Å². The Labute approximate surface area is 101 Å². The molecule has 2 atom stereocenters. The van der Waals surface area contributed by atoms with Gasteiger partial charge in [0.05, 0.1) is 0 Å². The summed E-state index contributed by atoms with van der Waals surface area (Å²) in [6, 6.07) is 4.53. The molecule has 1 aromatic carbocycles. The van der Waals surface area contributed by atoms with Gasteiger partial charge in [-0.15, -0.1) is 0 Å². The summed E-state index contributed by atoms with van der Waals surface area (Å²) in [6.45, 7) is 0.876. The molecule has 2 rings (SSSR count). The number of benzene rings is 1. The quantitative estimate of drug-likeness (QED) is 0.851. The largest absolute Gasteiger partial charge is 0.319 e. The molecule has 2 unspecified atom stereocenters. The second kappa shape index (κ2) is 5.58. The number of nitrogens with one attached hydrogen (secondary N) is 1. The van der Waals surface area contributed by atoms with Gasteiger partial charge in [0.15, 0.2) is 11.6 Å². The highest BCUT2D eigenvalue weighted by Gasteiger charge is 2.28. The molecule has 1 aliphatic carbocycles. The Kier molecular flexibility index (Phi) is 4.11. The van der Waals surface area contributed by atoms with Crippen LogP contribution in [0.4, 0.5) is 8.78 Å². The highest BCUT2D eigenvalue weighted by atomic mass is 19.2. The van der Waals surface area contributed by atoms with Gasteiger partial charge >= 0.3 is 0 Å². The van der Waals surface area contributed by atoms with Crippen molar-refractivity contribution < 1.29 is 8.78 Å². The smallest absolute Gasteiger partial charge is 0.162 e. The summed E-state index contributed by atoms with van der Waals surface area (Å²) in [5, 5.41) is 3.16. The number of halogens is 2. The van der Waals surface area contributed by atoms with Crippen molar-refractivity contribution in [2.75, 3.05) is 13.6 Å². The van der Waals surface area contributed by atoms with E-state index in [0.29, 0.717) is 11.5 Å². The van der Waals surface area contributed by atoms with Gasteiger partial charge in [-0.05, 0) is 49.9 Å². The van der Waals surface area contributed by atoms with Crippen molar-refractivity contribution in [1.82, 2.24) is 5.32 Å². The summed E-state index contributed by atoms with van der Waals surface area (Å²) in [5.74, 6) is -0.797. The first kappa shape index (κ1) is 12.5. The molecule has 3 heteroatoms. The first-order chi connectivity index (χ1) is 8.24. The zero-order valence-electron chi connectivity index (χ0n) is 10.2. The number of hydrogen-bond acceptors (Lipinski definition) is 1. The maximum Gasteiger partial charge on any atom is 0.162 e. The molecule has 1 aliphatic rings. The van der Waals surface area contributed by atoms with Crippen molar-refractivity contribution in [2.45, 2.75) is 31.6 Å². The molecule has 0 aliphatic heterocycles. The van der Waals surface area contributed by atoms with Crippen LogP contribution in [0.25, 0.3) is 0 Å².